The van der Waals surface area contributed by atoms with E-state index in [0.717, 1.165) is 53.1 Å². The van der Waals surface area contributed by atoms with Crippen LogP contribution in [0.2, 0.25) is 5.02 Å². The van der Waals surface area contributed by atoms with Gasteiger partial charge >= 0.3 is 0 Å². The summed E-state index contributed by atoms with van der Waals surface area (Å²) >= 11 is 6.20. The van der Waals surface area contributed by atoms with Gasteiger partial charge in [-0.05, 0) is 23.8 Å². The number of hydrogen-bond donors (Lipinski definition) is 1. The molecular weight excluding hydrogens is 362 g/mol. The molecule has 27 heavy (non-hydrogen) atoms. The summed E-state index contributed by atoms with van der Waals surface area (Å²) in [7, 11) is 1.68. The monoisotopic (exact) mass is 383 g/mol. The molecule has 0 aliphatic carbocycles. The van der Waals surface area contributed by atoms with Gasteiger partial charge in [-0.3, -0.25) is 0 Å². The third-order valence-corrected chi connectivity index (χ3v) is 5.10. The SMILES string of the molecule is COc1ccccc1-c1cn2c(n1)CO[C@@H](CNCc1ccccc1Cl)C2. The van der Waals surface area contributed by atoms with Crippen LogP contribution in [0.1, 0.15) is 11.4 Å². The number of benzene rings is 2. The van der Waals surface area contributed by atoms with Crippen molar-refractivity contribution in [2.24, 2.45) is 0 Å². The summed E-state index contributed by atoms with van der Waals surface area (Å²) < 4.78 is 13.6. The van der Waals surface area contributed by atoms with E-state index in [1.165, 1.54) is 0 Å². The van der Waals surface area contributed by atoms with Crippen molar-refractivity contribution in [3.05, 3.63) is 71.1 Å². The first-order valence-corrected chi connectivity index (χ1v) is 9.37. The van der Waals surface area contributed by atoms with Crippen molar-refractivity contribution in [2.45, 2.75) is 25.8 Å². The molecule has 0 unspecified atom stereocenters. The van der Waals surface area contributed by atoms with Gasteiger partial charge in [0.25, 0.3) is 0 Å². The molecule has 0 saturated carbocycles. The number of ether oxygens (including phenoxy) is 2. The number of nitrogens with one attached hydrogen (secondary N) is 1. The zero-order valence-electron chi connectivity index (χ0n) is 15.2. The van der Waals surface area contributed by atoms with Crippen molar-refractivity contribution in [3.8, 4) is 17.0 Å². The molecule has 1 aliphatic heterocycles. The molecule has 0 saturated heterocycles. The van der Waals surface area contributed by atoms with Crippen LogP contribution in [0.5, 0.6) is 5.75 Å². The quantitative estimate of drug-likeness (QED) is 0.701. The summed E-state index contributed by atoms with van der Waals surface area (Å²) in [6, 6.07) is 15.8. The molecule has 3 aromatic rings. The molecule has 5 nitrogen and oxygen atoms in total. The third-order valence-electron chi connectivity index (χ3n) is 4.74. The molecule has 1 N–H and O–H groups in total. The lowest BCUT2D eigenvalue weighted by Crippen LogP contribution is -2.36. The van der Waals surface area contributed by atoms with Crippen LogP contribution in [0.3, 0.4) is 0 Å². The number of halogens is 1. The van der Waals surface area contributed by atoms with Gasteiger partial charge in [-0.1, -0.05) is 41.9 Å². The first-order chi connectivity index (χ1) is 13.2. The van der Waals surface area contributed by atoms with Crippen LogP contribution < -0.4 is 10.1 Å². The van der Waals surface area contributed by atoms with Gasteiger partial charge in [-0.25, -0.2) is 4.98 Å². The van der Waals surface area contributed by atoms with E-state index in [1.54, 1.807) is 7.11 Å². The third kappa shape index (κ3) is 4.00. The highest BCUT2D eigenvalue weighted by Gasteiger charge is 2.22. The predicted octanol–water partition coefficient (Wildman–Crippen LogP) is 3.90. The van der Waals surface area contributed by atoms with Crippen LogP contribution in [0.25, 0.3) is 11.3 Å². The Labute approximate surface area is 163 Å². The number of hydrogen-bond acceptors (Lipinski definition) is 4. The molecule has 0 fully saturated rings. The van der Waals surface area contributed by atoms with Crippen LogP contribution in [-0.4, -0.2) is 29.3 Å². The van der Waals surface area contributed by atoms with E-state index in [1.807, 2.05) is 48.5 Å². The van der Waals surface area contributed by atoms with Crippen molar-refractivity contribution < 1.29 is 9.47 Å². The molecule has 4 rings (SSSR count). The Balaban J connectivity index is 1.40. The van der Waals surface area contributed by atoms with Crippen molar-refractivity contribution in [2.75, 3.05) is 13.7 Å². The van der Waals surface area contributed by atoms with Gasteiger partial charge in [0.05, 0.1) is 25.5 Å². The van der Waals surface area contributed by atoms with E-state index in [9.17, 15) is 0 Å². The van der Waals surface area contributed by atoms with E-state index in [4.69, 9.17) is 26.1 Å². The number of aromatic nitrogens is 2. The van der Waals surface area contributed by atoms with Gasteiger partial charge in [0, 0.05) is 29.9 Å². The molecule has 0 bridgehead atoms. The van der Waals surface area contributed by atoms with Crippen LogP contribution in [0.4, 0.5) is 0 Å². The maximum absolute atomic E-state index is 6.20. The molecule has 1 aromatic heterocycles. The standard InChI is InChI=1S/C21H22ClN3O2/c1-26-20-9-5-3-7-17(20)19-13-25-12-16(27-14-21(25)24-19)11-23-10-15-6-2-4-8-18(15)22/h2-9,13,16,23H,10-12,14H2,1H3/t16-/m0/s1. The maximum Gasteiger partial charge on any atom is 0.135 e. The first-order valence-electron chi connectivity index (χ1n) is 9.00. The molecule has 140 valence electrons. The fraction of sp³-hybridized carbons (Fsp3) is 0.286. The molecule has 0 spiro atoms. The Bertz CT molecular complexity index is 925. The first kappa shape index (κ1) is 18.0. The molecular formula is C21H22ClN3O2. The van der Waals surface area contributed by atoms with Crippen LogP contribution >= 0.6 is 11.6 Å². The average Bonchev–Trinajstić information content (AvgIpc) is 3.12. The van der Waals surface area contributed by atoms with Crippen LogP contribution in [0.15, 0.2) is 54.7 Å². The lowest BCUT2D eigenvalue weighted by molar-refractivity contribution is 0.00278. The van der Waals surface area contributed by atoms with Gasteiger partial charge < -0.3 is 19.4 Å². The summed E-state index contributed by atoms with van der Waals surface area (Å²) in [6.07, 6.45) is 2.18. The van der Waals surface area contributed by atoms with Gasteiger partial charge in [0.1, 0.15) is 18.2 Å². The molecule has 0 radical (unpaired) electrons. The van der Waals surface area contributed by atoms with Crippen molar-refractivity contribution in [3.63, 3.8) is 0 Å². The second kappa shape index (κ2) is 8.13. The fourth-order valence-corrected chi connectivity index (χ4v) is 3.51. The average molecular weight is 384 g/mol. The Hall–Kier alpha value is -2.34. The number of imidazole rings is 1. The second-order valence-corrected chi connectivity index (χ2v) is 6.96. The van der Waals surface area contributed by atoms with Crippen LogP contribution in [0, 0.1) is 0 Å². The summed E-state index contributed by atoms with van der Waals surface area (Å²) in [6.45, 7) is 2.76. The highest BCUT2D eigenvalue weighted by molar-refractivity contribution is 6.31. The van der Waals surface area contributed by atoms with E-state index in [-0.39, 0.29) is 6.10 Å². The fourth-order valence-electron chi connectivity index (χ4n) is 3.31. The summed E-state index contributed by atoms with van der Waals surface area (Å²) in [5.74, 6) is 1.77. The molecule has 6 heteroatoms. The minimum absolute atomic E-state index is 0.0970. The van der Waals surface area contributed by atoms with Crippen molar-refractivity contribution in [1.29, 1.82) is 0 Å². The van der Waals surface area contributed by atoms with Gasteiger partial charge in [0.2, 0.25) is 0 Å². The number of rotatable bonds is 6. The van der Waals surface area contributed by atoms with E-state index in [0.29, 0.717) is 6.61 Å². The minimum Gasteiger partial charge on any atom is -0.496 e. The summed E-state index contributed by atoms with van der Waals surface area (Å²) in [5, 5.41) is 4.22. The number of nitrogens with zero attached hydrogens (tertiary/aromatic N) is 2. The van der Waals surface area contributed by atoms with Gasteiger partial charge in [0.15, 0.2) is 0 Å². The number of para-hydroxylation sites is 1. The molecule has 2 heterocycles. The minimum atomic E-state index is 0.0970. The number of fused-ring (bicyclic) bond motifs is 1. The Morgan fingerprint density at radius 2 is 2.04 bits per heavy atom. The smallest absolute Gasteiger partial charge is 0.135 e. The lowest BCUT2D eigenvalue weighted by atomic mass is 10.1. The van der Waals surface area contributed by atoms with Gasteiger partial charge in [-0.15, -0.1) is 0 Å². The highest BCUT2D eigenvalue weighted by Crippen LogP contribution is 2.30. The van der Waals surface area contributed by atoms with E-state index in [2.05, 4.69) is 16.1 Å². The van der Waals surface area contributed by atoms with Gasteiger partial charge in [-0.2, -0.15) is 0 Å². The summed E-state index contributed by atoms with van der Waals surface area (Å²) in [5.41, 5.74) is 3.00. The molecule has 1 atom stereocenters. The number of methoxy groups -OCH3 is 1. The molecule has 1 aliphatic rings. The highest BCUT2D eigenvalue weighted by atomic mass is 35.5. The second-order valence-electron chi connectivity index (χ2n) is 6.55. The van der Waals surface area contributed by atoms with Crippen molar-refractivity contribution in [1.82, 2.24) is 14.9 Å². The maximum atomic E-state index is 6.20. The molecule has 0 amide bonds. The zero-order valence-corrected chi connectivity index (χ0v) is 15.9. The Kier molecular flexibility index (Phi) is 5.43. The van der Waals surface area contributed by atoms with Crippen LogP contribution in [-0.2, 0) is 24.4 Å². The lowest BCUT2D eigenvalue weighted by Gasteiger charge is -2.24. The van der Waals surface area contributed by atoms with Crippen molar-refractivity contribution >= 4 is 11.6 Å². The normalized spacial score (nSPS) is 16.1. The predicted molar refractivity (Wildman–Crippen MR) is 106 cm³/mol. The topological polar surface area (TPSA) is 48.3 Å². The Morgan fingerprint density at radius 3 is 2.89 bits per heavy atom. The largest absolute Gasteiger partial charge is 0.496 e. The zero-order chi connectivity index (χ0) is 18.6. The van der Waals surface area contributed by atoms with E-state index >= 15 is 0 Å². The molecule has 2 aromatic carbocycles. The van der Waals surface area contributed by atoms with E-state index < -0.39 is 0 Å². The Morgan fingerprint density at radius 1 is 1.22 bits per heavy atom. The summed E-state index contributed by atoms with van der Waals surface area (Å²) in [4.78, 5) is 4.72.